The van der Waals surface area contributed by atoms with Crippen LogP contribution >= 0.6 is 27.5 Å². The van der Waals surface area contributed by atoms with Gasteiger partial charge in [-0.3, -0.25) is 0 Å². The molecule has 2 aliphatic rings. The Hall–Kier alpha value is -0.320. The largest absolute Gasteiger partial charge is 0.366 e. The van der Waals surface area contributed by atoms with Crippen LogP contribution in [0.25, 0.3) is 0 Å². The molecule has 16 heavy (non-hydrogen) atoms. The van der Waals surface area contributed by atoms with Crippen LogP contribution in [-0.4, -0.2) is 30.2 Å². The molecule has 1 aromatic heterocycles. The first-order valence-electron chi connectivity index (χ1n) is 5.55. The number of halogens is 2. The summed E-state index contributed by atoms with van der Waals surface area (Å²) in [5, 5.41) is 4.07. The van der Waals surface area contributed by atoms with E-state index in [1.807, 2.05) is 6.20 Å². The van der Waals surface area contributed by atoms with Crippen LogP contribution in [0.5, 0.6) is 0 Å². The SMILES string of the molecule is Clc1ncc(N2C[C@@H]3C[C@H]2CCN3)cc1Br. The number of anilines is 1. The number of hydrogen-bond acceptors (Lipinski definition) is 3. The second-order valence-electron chi connectivity index (χ2n) is 4.45. The molecule has 3 nitrogen and oxygen atoms in total. The Morgan fingerprint density at radius 1 is 1.56 bits per heavy atom. The Morgan fingerprint density at radius 3 is 3.19 bits per heavy atom. The maximum Gasteiger partial charge on any atom is 0.143 e. The molecular formula is C11H13BrClN3. The molecule has 0 aliphatic carbocycles. The van der Waals surface area contributed by atoms with Gasteiger partial charge in [-0.15, -0.1) is 0 Å². The van der Waals surface area contributed by atoms with E-state index in [2.05, 4.69) is 37.2 Å². The van der Waals surface area contributed by atoms with E-state index in [0.717, 1.165) is 17.6 Å². The minimum absolute atomic E-state index is 0.532. The summed E-state index contributed by atoms with van der Waals surface area (Å²) in [6, 6.07) is 3.38. The molecular weight excluding hydrogens is 289 g/mol. The molecule has 0 unspecified atom stereocenters. The molecule has 0 radical (unpaired) electrons. The van der Waals surface area contributed by atoms with Gasteiger partial charge in [0.05, 0.1) is 16.4 Å². The number of aromatic nitrogens is 1. The highest BCUT2D eigenvalue weighted by Gasteiger charge is 2.35. The molecule has 1 N–H and O–H groups in total. The summed E-state index contributed by atoms with van der Waals surface area (Å²) in [6.07, 6.45) is 4.34. The van der Waals surface area contributed by atoms with Crippen LogP contribution in [0.3, 0.4) is 0 Å². The highest BCUT2D eigenvalue weighted by molar-refractivity contribution is 9.10. The normalized spacial score (nSPS) is 28.5. The maximum atomic E-state index is 5.91. The molecule has 5 heteroatoms. The van der Waals surface area contributed by atoms with Gasteiger partial charge in [-0.2, -0.15) is 0 Å². The van der Waals surface area contributed by atoms with Gasteiger partial charge >= 0.3 is 0 Å². The lowest BCUT2D eigenvalue weighted by atomic mass is 10.1. The first-order valence-corrected chi connectivity index (χ1v) is 6.72. The quantitative estimate of drug-likeness (QED) is 0.808. The number of rotatable bonds is 1. The van der Waals surface area contributed by atoms with Crippen molar-refractivity contribution < 1.29 is 0 Å². The number of hydrogen-bond donors (Lipinski definition) is 1. The van der Waals surface area contributed by atoms with Crippen molar-refractivity contribution in [3.8, 4) is 0 Å². The standard InChI is InChI=1S/C11H13BrClN3/c12-10-4-9(5-15-11(10)13)16-6-7-3-8(16)1-2-14-7/h4-5,7-8,14H,1-3,6H2/t7-,8+/m0/s1. The van der Waals surface area contributed by atoms with E-state index >= 15 is 0 Å². The smallest absolute Gasteiger partial charge is 0.143 e. The molecule has 0 spiro atoms. The van der Waals surface area contributed by atoms with Gasteiger partial charge in [0.15, 0.2) is 0 Å². The van der Waals surface area contributed by atoms with Gasteiger partial charge in [0.1, 0.15) is 5.15 Å². The van der Waals surface area contributed by atoms with Crippen LogP contribution < -0.4 is 10.2 Å². The lowest BCUT2D eigenvalue weighted by Crippen LogP contribution is -2.35. The minimum Gasteiger partial charge on any atom is -0.366 e. The summed E-state index contributed by atoms with van der Waals surface area (Å²) < 4.78 is 0.876. The summed E-state index contributed by atoms with van der Waals surface area (Å²) >= 11 is 9.34. The average molecular weight is 303 g/mol. The molecule has 2 bridgehead atoms. The molecule has 2 saturated heterocycles. The zero-order valence-electron chi connectivity index (χ0n) is 8.79. The number of fused-ring (bicyclic) bond motifs is 2. The second-order valence-corrected chi connectivity index (χ2v) is 5.66. The Bertz CT molecular complexity index is 412. The maximum absolute atomic E-state index is 5.91. The van der Waals surface area contributed by atoms with Crippen molar-refractivity contribution in [1.82, 2.24) is 10.3 Å². The van der Waals surface area contributed by atoms with E-state index in [0.29, 0.717) is 17.2 Å². The fourth-order valence-corrected chi connectivity index (χ4v) is 3.12. The van der Waals surface area contributed by atoms with Crippen molar-refractivity contribution in [2.75, 3.05) is 18.0 Å². The zero-order valence-corrected chi connectivity index (χ0v) is 11.1. The Kier molecular flexibility index (Phi) is 2.81. The van der Waals surface area contributed by atoms with E-state index < -0.39 is 0 Å². The van der Waals surface area contributed by atoms with Gasteiger partial charge in [0, 0.05) is 18.6 Å². The van der Waals surface area contributed by atoms with E-state index in [1.165, 1.54) is 18.5 Å². The van der Waals surface area contributed by atoms with Crippen LogP contribution in [-0.2, 0) is 0 Å². The van der Waals surface area contributed by atoms with E-state index in [-0.39, 0.29) is 0 Å². The van der Waals surface area contributed by atoms with Gasteiger partial charge < -0.3 is 10.2 Å². The number of nitrogens with zero attached hydrogens (tertiary/aromatic N) is 2. The van der Waals surface area contributed by atoms with Crippen LogP contribution in [0.2, 0.25) is 5.15 Å². The zero-order chi connectivity index (χ0) is 11.1. The molecule has 0 amide bonds. The molecule has 2 fully saturated rings. The fraction of sp³-hybridized carbons (Fsp3) is 0.545. The van der Waals surface area contributed by atoms with Crippen LogP contribution in [0.15, 0.2) is 16.7 Å². The molecule has 2 aliphatic heterocycles. The summed E-state index contributed by atoms with van der Waals surface area (Å²) in [6.45, 7) is 2.22. The van der Waals surface area contributed by atoms with E-state index in [1.54, 1.807) is 0 Å². The molecule has 2 atom stereocenters. The van der Waals surface area contributed by atoms with Gasteiger partial charge in [-0.25, -0.2) is 4.98 Å². The minimum atomic E-state index is 0.532. The lowest BCUT2D eigenvalue weighted by molar-refractivity contribution is 0.449. The Morgan fingerprint density at radius 2 is 2.44 bits per heavy atom. The van der Waals surface area contributed by atoms with Gasteiger partial charge in [-0.1, -0.05) is 11.6 Å². The molecule has 3 heterocycles. The van der Waals surface area contributed by atoms with Crippen LogP contribution in [0, 0.1) is 0 Å². The summed E-state index contributed by atoms with van der Waals surface area (Å²) in [4.78, 5) is 6.64. The molecule has 0 saturated carbocycles. The Labute approximate surface area is 108 Å². The monoisotopic (exact) mass is 301 g/mol. The van der Waals surface area contributed by atoms with Crippen molar-refractivity contribution in [2.24, 2.45) is 0 Å². The number of piperidine rings is 1. The highest BCUT2D eigenvalue weighted by Crippen LogP contribution is 2.32. The molecule has 86 valence electrons. The number of pyridine rings is 1. The molecule has 1 aromatic rings. The number of nitrogens with one attached hydrogen (secondary N) is 1. The van der Waals surface area contributed by atoms with Gasteiger partial charge in [-0.05, 0) is 41.4 Å². The van der Waals surface area contributed by atoms with E-state index in [9.17, 15) is 0 Å². The highest BCUT2D eigenvalue weighted by atomic mass is 79.9. The first-order chi connectivity index (χ1) is 7.74. The first kappa shape index (κ1) is 10.8. The summed E-state index contributed by atoms with van der Waals surface area (Å²) in [7, 11) is 0. The predicted molar refractivity (Wildman–Crippen MR) is 69.1 cm³/mol. The van der Waals surface area contributed by atoms with Crippen molar-refractivity contribution in [3.05, 3.63) is 21.9 Å². The average Bonchev–Trinajstić information content (AvgIpc) is 2.58. The second kappa shape index (κ2) is 4.17. The van der Waals surface area contributed by atoms with Crippen LogP contribution in [0.4, 0.5) is 5.69 Å². The summed E-state index contributed by atoms with van der Waals surface area (Å²) in [5.74, 6) is 0. The van der Waals surface area contributed by atoms with Crippen molar-refractivity contribution in [1.29, 1.82) is 0 Å². The third-order valence-electron chi connectivity index (χ3n) is 3.44. The Balaban J connectivity index is 1.89. The third-order valence-corrected chi connectivity index (χ3v) is 4.57. The van der Waals surface area contributed by atoms with Gasteiger partial charge in [0.2, 0.25) is 0 Å². The lowest BCUT2D eigenvalue weighted by Gasteiger charge is -2.26. The predicted octanol–water partition coefficient (Wildman–Crippen LogP) is 2.44. The molecule has 0 aromatic carbocycles. The van der Waals surface area contributed by atoms with Gasteiger partial charge in [0.25, 0.3) is 0 Å². The van der Waals surface area contributed by atoms with Crippen molar-refractivity contribution in [2.45, 2.75) is 24.9 Å². The topological polar surface area (TPSA) is 28.2 Å². The van der Waals surface area contributed by atoms with Crippen molar-refractivity contribution >= 4 is 33.2 Å². The fourth-order valence-electron chi connectivity index (χ4n) is 2.68. The summed E-state index contributed by atoms with van der Waals surface area (Å²) in [5.41, 5.74) is 1.17. The van der Waals surface area contributed by atoms with E-state index in [4.69, 9.17) is 11.6 Å². The molecule has 3 rings (SSSR count). The third kappa shape index (κ3) is 1.83. The van der Waals surface area contributed by atoms with Crippen LogP contribution in [0.1, 0.15) is 12.8 Å². The van der Waals surface area contributed by atoms with Crippen molar-refractivity contribution in [3.63, 3.8) is 0 Å².